The fourth-order valence-corrected chi connectivity index (χ4v) is 2.70. The zero-order valence-electron chi connectivity index (χ0n) is 8.54. The van der Waals surface area contributed by atoms with Crippen LogP contribution in [0.15, 0.2) is 0 Å². The van der Waals surface area contributed by atoms with E-state index in [0.717, 1.165) is 12.8 Å². The highest BCUT2D eigenvalue weighted by atomic mass is 16.5. The van der Waals surface area contributed by atoms with E-state index in [2.05, 4.69) is 4.74 Å². The summed E-state index contributed by atoms with van der Waals surface area (Å²) < 4.78 is 4.66. The van der Waals surface area contributed by atoms with Gasteiger partial charge >= 0.3 is 5.97 Å². The summed E-state index contributed by atoms with van der Waals surface area (Å²) in [6, 6.07) is 0. The zero-order valence-corrected chi connectivity index (χ0v) is 8.54. The fourth-order valence-electron chi connectivity index (χ4n) is 2.70. The van der Waals surface area contributed by atoms with Gasteiger partial charge < -0.3 is 4.74 Å². The van der Waals surface area contributed by atoms with Crippen molar-refractivity contribution in [2.24, 2.45) is 11.3 Å². The van der Waals surface area contributed by atoms with Crippen LogP contribution in [-0.2, 0) is 14.3 Å². The molecule has 0 N–H and O–H groups in total. The molecule has 0 saturated heterocycles. The first-order valence-electron chi connectivity index (χ1n) is 5.27. The van der Waals surface area contributed by atoms with Crippen LogP contribution in [0.2, 0.25) is 0 Å². The lowest BCUT2D eigenvalue weighted by molar-refractivity contribution is -0.154. The molecule has 3 heteroatoms. The van der Waals surface area contributed by atoms with Crippen molar-refractivity contribution in [3.05, 3.63) is 0 Å². The molecule has 0 bridgehead atoms. The third-order valence-electron chi connectivity index (χ3n) is 3.83. The van der Waals surface area contributed by atoms with Gasteiger partial charge in [-0.3, -0.25) is 9.59 Å². The van der Waals surface area contributed by atoms with Crippen LogP contribution >= 0.6 is 0 Å². The van der Waals surface area contributed by atoms with E-state index in [9.17, 15) is 9.59 Å². The molecule has 0 radical (unpaired) electrons. The average molecular weight is 196 g/mol. The minimum atomic E-state index is -0.464. The van der Waals surface area contributed by atoms with E-state index in [0.29, 0.717) is 11.8 Å². The van der Waals surface area contributed by atoms with Gasteiger partial charge in [-0.25, -0.2) is 0 Å². The van der Waals surface area contributed by atoms with E-state index < -0.39 is 5.92 Å². The highest BCUT2D eigenvalue weighted by Crippen LogP contribution is 2.52. The number of rotatable bonds is 1. The van der Waals surface area contributed by atoms with Gasteiger partial charge in [-0.2, -0.15) is 0 Å². The van der Waals surface area contributed by atoms with E-state index in [4.69, 9.17) is 0 Å². The van der Waals surface area contributed by atoms with Gasteiger partial charge in [0.1, 0.15) is 11.7 Å². The number of Topliss-reactive ketones (excluding diaryl/α,β-unsaturated/α-hetero) is 1. The standard InChI is InChI=1S/C11H16O3/c1-14-10(13)8-7-11(4-2-5-11)6-3-9(8)12/h8H,2-7H2,1H3. The second-order valence-electron chi connectivity index (χ2n) is 4.60. The Kier molecular flexibility index (Phi) is 2.33. The van der Waals surface area contributed by atoms with Crippen molar-refractivity contribution in [2.75, 3.05) is 7.11 Å². The number of carbonyl (C=O) groups excluding carboxylic acids is 2. The topological polar surface area (TPSA) is 43.4 Å². The number of ether oxygens (including phenoxy) is 1. The molecule has 14 heavy (non-hydrogen) atoms. The van der Waals surface area contributed by atoms with Crippen LogP contribution in [0.25, 0.3) is 0 Å². The predicted molar refractivity (Wildman–Crippen MR) is 50.6 cm³/mol. The van der Waals surface area contributed by atoms with Gasteiger partial charge in [0.05, 0.1) is 7.11 Å². The third kappa shape index (κ3) is 1.45. The molecule has 0 aromatic carbocycles. The molecule has 2 aliphatic carbocycles. The summed E-state index contributed by atoms with van der Waals surface area (Å²) in [6.45, 7) is 0. The van der Waals surface area contributed by atoms with Crippen LogP contribution in [0, 0.1) is 11.3 Å². The summed E-state index contributed by atoms with van der Waals surface area (Å²) in [5.41, 5.74) is 0.312. The number of hydrogen-bond donors (Lipinski definition) is 0. The van der Waals surface area contributed by atoms with Gasteiger partial charge in [0, 0.05) is 6.42 Å². The van der Waals surface area contributed by atoms with Crippen LogP contribution in [0.5, 0.6) is 0 Å². The first-order valence-corrected chi connectivity index (χ1v) is 5.27. The number of hydrogen-bond acceptors (Lipinski definition) is 3. The van der Waals surface area contributed by atoms with Gasteiger partial charge in [-0.15, -0.1) is 0 Å². The van der Waals surface area contributed by atoms with Crippen LogP contribution in [0.1, 0.15) is 38.5 Å². The summed E-state index contributed by atoms with van der Waals surface area (Å²) in [6.07, 6.45) is 5.92. The van der Waals surface area contributed by atoms with Crippen LogP contribution in [0.3, 0.4) is 0 Å². The molecule has 2 aliphatic rings. The molecule has 2 rings (SSSR count). The largest absolute Gasteiger partial charge is 0.468 e. The molecular formula is C11H16O3. The Labute approximate surface area is 83.8 Å². The number of carbonyl (C=O) groups is 2. The first kappa shape index (κ1) is 9.69. The van der Waals surface area contributed by atoms with Gasteiger partial charge in [-0.1, -0.05) is 6.42 Å². The fraction of sp³-hybridized carbons (Fsp3) is 0.818. The molecule has 78 valence electrons. The molecular weight excluding hydrogens is 180 g/mol. The first-order chi connectivity index (χ1) is 6.67. The molecule has 1 spiro atoms. The van der Waals surface area contributed by atoms with E-state index in [-0.39, 0.29) is 11.8 Å². The van der Waals surface area contributed by atoms with Gasteiger partial charge in [0.15, 0.2) is 0 Å². The molecule has 0 heterocycles. The SMILES string of the molecule is COC(=O)C1CC2(CCC2)CCC1=O. The Morgan fingerprint density at radius 1 is 1.43 bits per heavy atom. The Hall–Kier alpha value is -0.860. The van der Waals surface area contributed by atoms with Crippen molar-refractivity contribution in [2.45, 2.75) is 38.5 Å². The maximum absolute atomic E-state index is 11.5. The van der Waals surface area contributed by atoms with Crippen molar-refractivity contribution in [3.8, 4) is 0 Å². The average Bonchev–Trinajstić information content (AvgIpc) is 2.15. The van der Waals surface area contributed by atoms with Crippen LogP contribution < -0.4 is 0 Å². The van der Waals surface area contributed by atoms with Gasteiger partial charge in [-0.05, 0) is 31.1 Å². The lowest BCUT2D eigenvalue weighted by Gasteiger charge is -2.46. The predicted octanol–water partition coefficient (Wildman–Crippen LogP) is 1.70. The normalized spacial score (nSPS) is 29.8. The summed E-state index contributed by atoms with van der Waals surface area (Å²) >= 11 is 0. The van der Waals surface area contributed by atoms with E-state index in [1.807, 2.05) is 0 Å². The number of methoxy groups -OCH3 is 1. The maximum Gasteiger partial charge on any atom is 0.316 e. The number of esters is 1. The Morgan fingerprint density at radius 2 is 2.14 bits per heavy atom. The van der Waals surface area contributed by atoms with Gasteiger partial charge in [0.2, 0.25) is 0 Å². The van der Waals surface area contributed by atoms with Crippen molar-refractivity contribution in [3.63, 3.8) is 0 Å². The van der Waals surface area contributed by atoms with E-state index in [1.165, 1.54) is 26.4 Å². The second kappa shape index (κ2) is 3.37. The molecule has 0 aromatic rings. The van der Waals surface area contributed by atoms with E-state index in [1.54, 1.807) is 0 Å². The minimum absolute atomic E-state index is 0.0781. The number of ketones is 1. The summed E-state index contributed by atoms with van der Waals surface area (Å²) in [4.78, 5) is 22.9. The Bertz CT molecular complexity index is 258. The van der Waals surface area contributed by atoms with Gasteiger partial charge in [0.25, 0.3) is 0 Å². The third-order valence-corrected chi connectivity index (χ3v) is 3.83. The smallest absolute Gasteiger partial charge is 0.316 e. The molecule has 1 atom stereocenters. The molecule has 1 unspecified atom stereocenters. The zero-order chi connectivity index (χ0) is 10.2. The quantitative estimate of drug-likeness (QED) is 0.473. The van der Waals surface area contributed by atoms with Crippen LogP contribution in [-0.4, -0.2) is 18.9 Å². The summed E-state index contributed by atoms with van der Waals surface area (Å²) in [5.74, 6) is -0.718. The molecule has 2 saturated carbocycles. The summed E-state index contributed by atoms with van der Waals surface area (Å²) in [7, 11) is 1.36. The monoisotopic (exact) mass is 196 g/mol. The lowest BCUT2D eigenvalue weighted by atomic mass is 9.58. The van der Waals surface area contributed by atoms with Crippen molar-refractivity contribution in [1.82, 2.24) is 0 Å². The van der Waals surface area contributed by atoms with Crippen LogP contribution in [0.4, 0.5) is 0 Å². The minimum Gasteiger partial charge on any atom is -0.468 e. The Balaban J connectivity index is 2.07. The highest BCUT2D eigenvalue weighted by Gasteiger charge is 2.46. The summed E-state index contributed by atoms with van der Waals surface area (Å²) in [5, 5.41) is 0. The van der Waals surface area contributed by atoms with Crippen molar-refractivity contribution in [1.29, 1.82) is 0 Å². The maximum atomic E-state index is 11.5. The Morgan fingerprint density at radius 3 is 2.64 bits per heavy atom. The molecule has 3 nitrogen and oxygen atoms in total. The highest BCUT2D eigenvalue weighted by molar-refractivity contribution is 5.99. The molecule has 0 aliphatic heterocycles. The van der Waals surface area contributed by atoms with Crippen molar-refractivity contribution < 1.29 is 14.3 Å². The second-order valence-corrected chi connectivity index (χ2v) is 4.60. The lowest BCUT2D eigenvalue weighted by Crippen LogP contribution is -2.42. The van der Waals surface area contributed by atoms with E-state index >= 15 is 0 Å². The molecule has 0 aromatic heterocycles. The molecule has 0 amide bonds. The molecule has 2 fully saturated rings. The van der Waals surface area contributed by atoms with Crippen molar-refractivity contribution >= 4 is 11.8 Å².